The Morgan fingerprint density at radius 2 is 1.67 bits per heavy atom. The third-order valence-corrected chi connectivity index (χ3v) is 4.89. The molecule has 2 aromatic carbocycles. The molecular formula is C24H22N4O2. The van der Waals surface area contributed by atoms with Crippen molar-refractivity contribution in [3.8, 4) is 0 Å². The molecule has 30 heavy (non-hydrogen) atoms. The molecule has 0 fully saturated rings. The predicted molar refractivity (Wildman–Crippen MR) is 115 cm³/mol. The van der Waals surface area contributed by atoms with Crippen molar-refractivity contribution in [1.82, 2.24) is 19.9 Å². The summed E-state index contributed by atoms with van der Waals surface area (Å²) in [7, 11) is 0. The summed E-state index contributed by atoms with van der Waals surface area (Å²) in [6.07, 6.45) is 2.96. The molecule has 150 valence electrons. The first-order chi connectivity index (χ1) is 14.7. The highest BCUT2D eigenvalue weighted by Gasteiger charge is 2.15. The predicted octanol–water partition coefficient (Wildman–Crippen LogP) is 3.68. The summed E-state index contributed by atoms with van der Waals surface area (Å²) in [5.74, 6) is 0.694. The molecule has 0 unspecified atom stereocenters. The Morgan fingerprint density at radius 1 is 0.900 bits per heavy atom. The summed E-state index contributed by atoms with van der Waals surface area (Å²) in [6.45, 7) is 0.741. The molecule has 6 nitrogen and oxygen atoms in total. The van der Waals surface area contributed by atoms with Gasteiger partial charge in [0.2, 0.25) is 0 Å². The number of rotatable bonds is 8. The van der Waals surface area contributed by atoms with Gasteiger partial charge in [-0.3, -0.25) is 14.6 Å². The smallest absolute Gasteiger partial charge is 0.269 e. The summed E-state index contributed by atoms with van der Waals surface area (Å²) in [5.41, 5.74) is 2.89. The van der Waals surface area contributed by atoms with Gasteiger partial charge in [-0.1, -0.05) is 48.5 Å². The maximum atomic E-state index is 12.8. The van der Waals surface area contributed by atoms with Crippen LogP contribution in [0.4, 0.5) is 0 Å². The van der Waals surface area contributed by atoms with E-state index < -0.39 is 0 Å². The summed E-state index contributed by atoms with van der Waals surface area (Å²) in [5, 5.41) is 2.88. The summed E-state index contributed by atoms with van der Waals surface area (Å²) in [4.78, 5) is 33.7. The topological polar surface area (TPSA) is 76.9 Å². The van der Waals surface area contributed by atoms with E-state index in [4.69, 9.17) is 4.98 Å². The quantitative estimate of drug-likeness (QED) is 0.363. The average Bonchev–Trinajstić information content (AvgIpc) is 3.15. The Labute approximate surface area is 174 Å². The second-order valence-corrected chi connectivity index (χ2v) is 6.97. The third kappa shape index (κ3) is 4.43. The van der Waals surface area contributed by atoms with Crippen LogP contribution in [0, 0.1) is 0 Å². The molecule has 0 atom stereocenters. The number of fused-ring (bicyclic) bond motifs is 1. The zero-order chi connectivity index (χ0) is 20.8. The number of amides is 1. The molecule has 0 saturated carbocycles. The van der Waals surface area contributed by atoms with Crippen LogP contribution < -0.4 is 5.32 Å². The van der Waals surface area contributed by atoms with E-state index in [2.05, 4.69) is 10.3 Å². The molecule has 0 spiro atoms. The van der Waals surface area contributed by atoms with Gasteiger partial charge in [-0.15, -0.1) is 0 Å². The van der Waals surface area contributed by atoms with Crippen molar-refractivity contribution in [2.24, 2.45) is 0 Å². The Hall–Kier alpha value is -3.80. The monoisotopic (exact) mass is 398 g/mol. The van der Waals surface area contributed by atoms with Crippen molar-refractivity contribution >= 4 is 22.7 Å². The van der Waals surface area contributed by atoms with Gasteiger partial charge >= 0.3 is 0 Å². The number of nitrogens with one attached hydrogen (secondary N) is 1. The van der Waals surface area contributed by atoms with Crippen LogP contribution in [0.25, 0.3) is 11.0 Å². The molecule has 2 aromatic heterocycles. The minimum atomic E-state index is -0.191. The van der Waals surface area contributed by atoms with Gasteiger partial charge in [0.15, 0.2) is 5.78 Å². The minimum Gasteiger partial charge on any atom is -0.351 e. The van der Waals surface area contributed by atoms with E-state index in [9.17, 15) is 9.59 Å². The van der Waals surface area contributed by atoms with Gasteiger partial charge in [-0.25, -0.2) is 4.98 Å². The number of ketones is 1. The molecule has 0 radical (unpaired) electrons. The molecule has 0 aliphatic heterocycles. The Kier molecular flexibility index (Phi) is 5.94. The molecule has 1 amide bonds. The largest absolute Gasteiger partial charge is 0.351 e. The molecule has 4 rings (SSSR count). The van der Waals surface area contributed by atoms with E-state index in [0.717, 1.165) is 16.9 Å². The van der Waals surface area contributed by atoms with E-state index >= 15 is 0 Å². The first kappa shape index (κ1) is 19.5. The molecule has 4 aromatic rings. The van der Waals surface area contributed by atoms with Gasteiger partial charge in [-0.05, 0) is 30.7 Å². The number of carbonyl (C=O) groups is 2. The second-order valence-electron chi connectivity index (χ2n) is 6.97. The highest BCUT2D eigenvalue weighted by Crippen LogP contribution is 2.18. The summed E-state index contributed by atoms with van der Waals surface area (Å²) in [6, 6.07) is 22.3. The van der Waals surface area contributed by atoms with Crippen molar-refractivity contribution in [3.05, 3.63) is 96.1 Å². The molecule has 0 saturated heterocycles. The second kappa shape index (κ2) is 9.13. The molecule has 1 N–H and O–H groups in total. The lowest BCUT2D eigenvalue weighted by Gasteiger charge is -2.09. The van der Waals surface area contributed by atoms with Gasteiger partial charge < -0.3 is 9.88 Å². The third-order valence-electron chi connectivity index (χ3n) is 4.89. The molecule has 0 bridgehead atoms. The van der Waals surface area contributed by atoms with E-state index in [1.807, 2.05) is 59.2 Å². The van der Waals surface area contributed by atoms with Crippen LogP contribution in [0.5, 0.6) is 0 Å². The number of hydrogen-bond donors (Lipinski definition) is 1. The van der Waals surface area contributed by atoms with Crippen molar-refractivity contribution in [1.29, 1.82) is 0 Å². The number of hydrogen-bond acceptors (Lipinski definition) is 4. The van der Waals surface area contributed by atoms with Gasteiger partial charge in [0.05, 0.1) is 17.6 Å². The standard InChI is InChI=1S/C24H22N4O2/c29-22(18-9-2-1-3-10-18)17-28-21-13-5-4-11-19(21)27-23(28)14-8-16-26-24(30)20-12-6-7-15-25-20/h1-7,9-13,15H,8,14,16-17H2,(H,26,30). The lowest BCUT2D eigenvalue weighted by Crippen LogP contribution is -2.25. The lowest BCUT2D eigenvalue weighted by molar-refractivity contribution is 0.0946. The number of pyridine rings is 1. The van der Waals surface area contributed by atoms with E-state index in [-0.39, 0.29) is 18.2 Å². The number of aromatic nitrogens is 3. The number of nitrogens with zero attached hydrogens (tertiary/aromatic N) is 3. The molecule has 6 heteroatoms. The van der Waals surface area contributed by atoms with Gasteiger partial charge in [-0.2, -0.15) is 0 Å². The Morgan fingerprint density at radius 3 is 2.47 bits per heavy atom. The number of aryl methyl sites for hydroxylation is 1. The van der Waals surface area contributed by atoms with Gasteiger partial charge in [0, 0.05) is 24.7 Å². The zero-order valence-corrected chi connectivity index (χ0v) is 16.5. The fraction of sp³-hybridized carbons (Fsp3) is 0.167. The molecule has 0 aliphatic carbocycles. The van der Waals surface area contributed by atoms with Crippen LogP contribution in [0.15, 0.2) is 79.0 Å². The maximum Gasteiger partial charge on any atom is 0.269 e. The van der Waals surface area contributed by atoms with Gasteiger partial charge in [0.25, 0.3) is 5.91 Å². The fourth-order valence-electron chi connectivity index (χ4n) is 3.39. The maximum absolute atomic E-state index is 12.8. The lowest BCUT2D eigenvalue weighted by atomic mass is 10.1. The van der Waals surface area contributed by atoms with Crippen LogP contribution in [-0.2, 0) is 13.0 Å². The van der Waals surface area contributed by atoms with Crippen LogP contribution in [0.2, 0.25) is 0 Å². The van der Waals surface area contributed by atoms with Crippen molar-refractivity contribution in [2.45, 2.75) is 19.4 Å². The number of carbonyl (C=O) groups excluding carboxylic acids is 2. The van der Waals surface area contributed by atoms with E-state index in [0.29, 0.717) is 30.6 Å². The molecule has 0 aliphatic rings. The van der Waals surface area contributed by atoms with Crippen molar-refractivity contribution in [2.75, 3.05) is 6.54 Å². The van der Waals surface area contributed by atoms with Crippen LogP contribution in [-0.4, -0.2) is 32.8 Å². The normalized spacial score (nSPS) is 10.8. The molecular weight excluding hydrogens is 376 g/mol. The highest BCUT2D eigenvalue weighted by molar-refractivity contribution is 5.96. The van der Waals surface area contributed by atoms with Crippen LogP contribution in [0.1, 0.15) is 33.1 Å². The number of para-hydroxylation sites is 2. The van der Waals surface area contributed by atoms with Gasteiger partial charge in [0.1, 0.15) is 11.5 Å². The number of imidazole rings is 1. The minimum absolute atomic E-state index is 0.0449. The SMILES string of the molecule is O=C(Cn1c(CCCNC(=O)c2ccccn2)nc2ccccc21)c1ccccc1. The average molecular weight is 398 g/mol. The van der Waals surface area contributed by atoms with E-state index in [1.165, 1.54) is 0 Å². The first-order valence-electron chi connectivity index (χ1n) is 9.94. The fourth-order valence-corrected chi connectivity index (χ4v) is 3.39. The van der Waals surface area contributed by atoms with Crippen molar-refractivity contribution < 1.29 is 9.59 Å². The number of Topliss-reactive ketones (excluding diaryl/α,β-unsaturated/α-hetero) is 1. The van der Waals surface area contributed by atoms with Crippen LogP contribution in [0.3, 0.4) is 0 Å². The van der Waals surface area contributed by atoms with Crippen molar-refractivity contribution in [3.63, 3.8) is 0 Å². The van der Waals surface area contributed by atoms with Crippen LogP contribution >= 0.6 is 0 Å². The Balaban J connectivity index is 1.45. The summed E-state index contributed by atoms with van der Waals surface area (Å²) < 4.78 is 1.98. The molecule has 2 heterocycles. The van der Waals surface area contributed by atoms with E-state index in [1.54, 1.807) is 24.4 Å². The zero-order valence-electron chi connectivity index (χ0n) is 16.5. The number of benzene rings is 2. The summed E-state index contributed by atoms with van der Waals surface area (Å²) >= 11 is 0. The Bertz CT molecular complexity index is 1150. The highest BCUT2D eigenvalue weighted by atomic mass is 16.1. The first-order valence-corrected chi connectivity index (χ1v) is 9.94.